The van der Waals surface area contributed by atoms with Gasteiger partial charge in [0.05, 0.1) is 44.4 Å². The van der Waals surface area contributed by atoms with Crippen molar-refractivity contribution in [2.45, 2.75) is 84.7 Å². The number of fused-ring (bicyclic) bond motifs is 2. The highest BCUT2D eigenvalue weighted by molar-refractivity contribution is 6.06. The molecular formula is C41H53N9O7. The summed E-state index contributed by atoms with van der Waals surface area (Å²) in [5.41, 5.74) is 4.31. The van der Waals surface area contributed by atoms with Crippen LogP contribution in [-0.4, -0.2) is 113 Å². The van der Waals surface area contributed by atoms with Gasteiger partial charge in [-0.2, -0.15) is 0 Å². The summed E-state index contributed by atoms with van der Waals surface area (Å²) in [5, 5.41) is 9.85. The Labute approximate surface area is 331 Å². The summed E-state index contributed by atoms with van der Waals surface area (Å²) in [4.78, 5) is 85.0. The van der Waals surface area contributed by atoms with Crippen molar-refractivity contribution in [3.8, 4) is 11.3 Å². The molecule has 6 rings (SSSR count). The highest BCUT2D eigenvalue weighted by Gasteiger charge is 2.40. The van der Waals surface area contributed by atoms with Crippen molar-refractivity contribution in [2.75, 3.05) is 33.9 Å². The van der Waals surface area contributed by atoms with Gasteiger partial charge in [-0.25, -0.2) is 14.6 Å². The lowest BCUT2D eigenvalue weighted by molar-refractivity contribution is -0.136. The molecule has 2 aliphatic rings. The van der Waals surface area contributed by atoms with Crippen LogP contribution in [0, 0.1) is 11.8 Å². The Kier molecular flexibility index (Phi) is 12.6. The van der Waals surface area contributed by atoms with Gasteiger partial charge >= 0.3 is 12.2 Å². The fourth-order valence-corrected chi connectivity index (χ4v) is 7.65. The Morgan fingerprint density at radius 2 is 1.54 bits per heavy atom. The summed E-state index contributed by atoms with van der Waals surface area (Å²) in [7, 11) is 2.54. The van der Waals surface area contributed by atoms with Gasteiger partial charge in [0.2, 0.25) is 11.8 Å². The summed E-state index contributed by atoms with van der Waals surface area (Å²) in [6.45, 7) is 11.2. The number of ether oxygens (including phenoxy) is 2. The molecule has 304 valence electrons. The van der Waals surface area contributed by atoms with Crippen LogP contribution < -0.4 is 21.4 Å². The van der Waals surface area contributed by atoms with Crippen LogP contribution in [0.1, 0.15) is 65.3 Å². The Balaban J connectivity index is 1.22. The van der Waals surface area contributed by atoms with E-state index in [1.165, 1.54) is 14.2 Å². The lowest BCUT2D eigenvalue weighted by atomic mass is 10.0. The molecule has 0 bridgehead atoms. The first-order valence-corrected chi connectivity index (χ1v) is 19.6. The average molecular weight is 784 g/mol. The number of H-pyrrole nitrogens is 2. The van der Waals surface area contributed by atoms with E-state index in [-0.39, 0.29) is 47.8 Å². The lowest BCUT2D eigenvalue weighted by Crippen LogP contribution is -2.55. The summed E-state index contributed by atoms with van der Waals surface area (Å²) in [5.74, 6) is -0.108. The third kappa shape index (κ3) is 8.80. The van der Waals surface area contributed by atoms with E-state index < -0.39 is 24.3 Å². The number of rotatable bonds is 13. The zero-order chi connectivity index (χ0) is 41.0. The molecule has 0 radical (unpaired) electrons. The highest BCUT2D eigenvalue weighted by Crippen LogP contribution is 2.27. The van der Waals surface area contributed by atoms with E-state index in [0.717, 1.165) is 29.7 Å². The van der Waals surface area contributed by atoms with Crippen LogP contribution >= 0.6 is 0 Å². The van der Waals surface area contributed by atoms with Crippen molar-refractivity contribution in [1.29, 1.82) is 0 Å². The molecule has 4 amide bonds. The van der Waals surface area contributed by atoms with Crippen molar-refractivity contribution < 1.29 is 28.7 Å². The molecule has 0 aliphatic carbocycles. The van der Waals surface area contributed by atoms with E-state index >= 15 is 0 Å². The number of likely N-dealkylation sites (tertiary alicyclic amines) is 1. The first-order chi connectivity index (χ1) is 27.3. The Bertz CT molecular complexity index is 2230. The van der Waals surface area contributed by atoms with E-state index in [9.17, 15) is 24.0 Å². The highest BCUT2D eigenvalue weighted by atomic mass is 16.5. The average Bonchev–Trinajstić information content (AvgIpc) is 4.00. The molecule has 2 aliphatic heterocycles. The molecule has 4 unspecified atom stereocenters. The molecule has 0 spiro atoms. The number of pyridine rings is 1. The second-order valence-electron chi connectivity index (χ2n) is 15.3. The lowest BCUT2D eigenvalue weighted by Gasteiger charge is -2.32. The number of aliphatic imine (C=N–C) groups is 1. The molecule has 57 heavy (non-hydrogen) atoms. The van der Waals surface area contributed by atoms with E-state index in [2.05, 4.69) is 30.9 Å². The molecule has 4 heterocycles. The molecule has 0 saturated carbocycles. The topological polar surface area (TPSA) is 203 Å². The second-order valence-corrected chi connectivity index (χ2v) is 15.3. The summed E-state index contributed by atoms with van der Waals surface area (Å²) < 4.78 is 9.51. The van der Waals surface area contributed by atoms with Crippen LogP contribution in [0.5, 0.6) is 0 Å². The van der Waals surface area contributed by atoms with Crippen molar-refractivity contribution in [3.05, 3.63) is 64.2 Å². The number of carbonyl (C=O) groups excluding carboxylic acids is 4. The minimum Gasteiger partial charge on any atom is -0.453 e. The Hall–Kier alpha value is -5.77. The van der Waals surface area contributed by atoms with Crippen LogP contribution in [0.3, 0.4) is 0 Å². The maximum atomic E-state index is 14.1. The van der Waals surface area contributed by atoms with Gasteiger partial charge in [0.25, 0.3) is 0 Å². The first kappa shape index (κ1) is 40.9. The second kappa shape index (κ2) is 17.6. The number of alkyl carbamates (subject to hydrolysis) is 2. The summed E-state index contributed by atoms with van der Waals surface area (Å²) in [6, 6.07) is 9.66. The zero-order valence-corrected chi connectivity index (χ0v) is 33.6. The number of aromatic amines is 2. The zero-order valence-electron chi connectivity index (χ0n) is 33.6. The fraction of sp³-hybridized carbons (Fsp3) is 0.488. The van der Waals surface area contributed by atoms with E-state index in [4.69, 9.17) is 14.5 Å². The quantitative estimate of drug-likeness (QED) is 0.123. The molecule has 4 aromatic rings. The number of methoxy groups -OCH3 is 2. The minimum absolute atomic E-state index is 0.131. The van der Waals surface area contributed by atoms with Gasteiger partial charge < -0.3 is 39.9 Å². The summed E-state index contributed by atoms with van der Waals surface area (Å²) >= 11 is 0. The Morgan fingerprint density at radius 3 is 2.18 bits per heavy atom. The number of imidazole rings is 1. The van der Waals surface area contributed by atoms with E-state index in [0.29, 0.717) is 59.4 Å². The minimum atomic E-state index is -0.756. The number of hydrogen-bond donors (Lipinski definition) is 5. The number of carbonyl (C=O) groups is 4. The molecule has 5 N–H and O–H groups in total. The van der Waals surface area contributed by atoms with Gasteiger partial charge in [0.15, 0.2) is 5.43 Å². The molecule has 16 heteroatoms. The SMILES string of the molecule is CCCN(Cc1ncc(-c2ccc3[nH]c4ccc(C5=NC(C6CCCN6C(=O)C(NC(=O)OC)C(C)C)NC5)cc4c(=O)c3c2)[nH]1)C(=O)C(NC(=O)OC)C(C)C. The van der Waals surface area contributed by atoms with Gasteiger partial charge in [-0.3, -0.25) is 24.7 Å². The fourth-order valence-electron chi connectivity index (χ4n) is 7.65. The van der Waals surface area contributed by atoms with E-state index in [1.807, 2.05) is 75.9 Å². The molecule has 2 aromatic carbocycles. The third-order valence-corrected chi connectivity index (χ3v) is 10.7. The molecular weight excluding hydrogens is 731 g/mol. The molecule has 2 aromatic heterocycles. The smallest absolute Gasteiger partial charge is 0.407 e. The van der Waals surface area contributed by atoms with Gasteiger partial charge in [-0.15, -0.1) is 0 Å². The third-order valence-electron chi connectivity index (χ3n) is 10.7. The largest absolute Gasteiger partial charge is 0.453 e. The first-order valence-electron chi connectivity index (χ1n) is 19.6. The van der Waals surface area contributed by atoms with Crippen molar-refractivity contribution in [3.63, 3.8) is 0 Å². The number of aromatic nitrogens is 3. The number of amides is 4. The number of benzene rings is 2. The van der Waals surface area contributed by atoms with Crippen molar-refractivity contribution >= 4 is 51.5 Å². The van der Waals surface area contributed by atoms with Crippen molar-refractivity contribution in [1.82, 2.24) is 40.7 Å². The molecule has 1 fully saturated rings. The molecule has 1 saturated heterocycles. The van der Waals surface area contributed by atoms with Gasteiger partial charge in [0.1, 0.15) is 24.1 Å². The number of nitrogens with zero attached hydrogens (tertiary/aromatic N) is 4. The van der Waals surface area contributed by atoms with Crippen LogP contribution in [0.4, 0.5) is 9.59 Å². The van der Waals surface area contributed by atoms with Gasteiger partial charge in [-0.1, -0.05) is 46.8 Å². The monoisotopic (exact) mass is 783 g/mol. The van der Waals surface area contributed by atoms with Crippen LogP contribution in [-0.2, 0) is 25.6 Å². The van der Waals surface area contributed by atoms with Gasteiger partial charge in [0, 0.05) is 47.0 Å². The summed E-state index contributed by atoms with van der Waals surface area (Å²) in [6.07, 6.45) is 2.36. The van der Waals surface area contributed by atoms with Gasteiger partial charge in [-0.05, 0) is 60.9 Å². The number of hydrogen-bond acceptors (Lipinski definition) is 10. The van der Waals surface area contributed by atoms with Crippen LogP contribution in [0.15, 0.2) is 52.4 Å². The van der Waals surface area contributed by atoms with E-state index in [1.54, 1.807) is 11.1 Å². The standard InChI is InChI=1S/C41H53N9O7/c1-8-15-49(38(52)34(22(2)3)47-40(54)56-6)21-33-42-19-30(45-33)24-11-13-28-26(17-24)36(51)27-18-25(12-14-29(27)44-28)31-20-43-37(46-31)32-10-9-16-50(32)39(53)35(23(4)5)48-41(55)57-7/h11-14,17-19,22-23,32,34-35,37,43H,8-10,15-16,20-21H2,1-7H3,(H,42,45)(H,44,51)(H,47,54)(H,48,55). The van der Waals surface area contributed by atoms with Crippen LogP contribution in [0.2, 0.25) is 0 Å². The predicted octanol–water partition coefficient (Wildman–Crippen LogP) is 4.28. The van der Waals surface area contributed by atoms with Crippen molar-refractivity contribution in [2.24, 2.45) is 16.8 Å². The maximum absolute atomic E-state index is 14.1. The normalized spacial score (nSPS) is 17.8. The maximum Gasteiger partial charge on any atom is 0.407 e. The Morgan fingerprint density at radius 1 is 0.912 bits per heavy atom. The molecule has 16 nitrogen and oxygen atoms in total. The predicted molar refractivity (Wildman–Crippen MR) is 217 cm³/mol. The number of nitrogens with one attached hydrogen (secondary N) is 5. The molecule has 4 atom stereocenters. The van der Waals surface area contributed by atoms with Crippen LogP contribution in [0.25, 0.3) is 33.1 Å².